The number of amides is 1. The van der Waals surface area contributed by atoms with Crippen molar-refractivity contribution >= 4 is 17.3 Å². The maximum Gasteiger partial charge on any atom is 0.295 e. The summed E-state index contributed by atoms with van der Waals surface area (Å²) in [6.45, 7) is 1.88. The van der Waals surface area contributed by atoms with Gasteiger partial charge in [-0.3, -0.25) is 9.89 Å². The summed E-state index contributed by atoms with van der Waals surface area (Å²) in [5.74, 6) is -0.421. The highest BCUT2D eigenvalue weighted by Gasteiger charge is 2.13. The molecular weight excluding hydrogens is 237 g/mol. The van der Waals surface area contributed by atoms with Gasteiger partial charge in [0.1, 0.15) is 11.6 Å². The molecule has 2 aromatic rings. The molecule has 0 aliphatic heterocycles. The van der Waals surface area contributed by atoms with E-state index in [0.717, 1.165) is 6.07 Å². The highest BCUT2D eigenvalue weighted by atomic mass is 19.1. The van der Waals surface area contributed by atoms with Crippen molar-refractivity contribution in [3.63, 3.8) is 0 Å². The van der Waals surface area contributed by atoms with E-state index in [2.05, 4.69) is 20.5 Å². The molecular formula is C11H12FN5O. The first-order chi connectivity index (χ1) is 8.60. The SMILES string of the molecule is CCc1nc(C(=O)Nc2cc(F)ccc2N)n[nH]1. The summed E-state index contributed by atoms with van der Waals surface area (Å²) in [5.41, 5.74) is 6.09. The number of aromatic nitrogens is 3. The van der Waals surface area contributed by atoms with E-state index in [4.69, 9.17) is 5.73 Å². The highest BCUT2D eigenvalue weighted by molar-refractivity contribution is 6.03. The maximum atomic E-state index is 13.0. The minimum Gasteiger partial charge on any atom is -0.397 e. The summed E-state index contributed by atoms with van der Waals surface area (Å²) < 4.78 is 13.0. The van der Waals surface area contributed by atoms with Gasteiger partial charge >= 0.3 is 0 Å². The summed E-state index contributed by atoms with van der Waals surface area (Å²) >= 11 is 0. The van der Waals surface area contributed by atoms with Crippen molar-refractivity contribution in [3.05, 3.63) is 35.7 Å². The number of nitrogens with one attached hydrogen (secondary N) is 2. The van der Waals surface area contributed by atoms with Crippen LogP contribution < -0.4 is 11.1 Å². The Labute approximate surface area is 102 Å². The lowest BCUT2D eigenvalue weighted by Gasteiger charge is -2.05. The fraction of sp³-hybridized carbons (Fsp3) is 0.182. The molecule has 18 heavy (non-hydrogen) atoms. The Morgan fingerprint density at radius 1 is 1.56 bits per heavy atom. The predicted octanol–water partition coefficient (Wildman–Crippen LogP) is 1.34. The quantitative estimate of drug-likeness (QED) is 0.715. The number of carbonyl (C=O) groups excluding carboxylic acids is 1. The Morgan fingerprint density at radius 2 is 2.33 bits per heavy atom. The lowest BCUT2D eigenvalue weighted by molar-refractivity contribution is 0.101. The first-order valence-electron chi connectivity index (χ1n) is 5.37. The average Bonchev–Trinajstić information content (AvgIpc) is 2.82. The largest absolute Gasteiger partial charge is 0.397 e. The first-order valence-corrected chi connectivity index (χ1v) is 5.37. The van der Waals surface area contributed by atoms with E-state index in [9.17, 15) is 9.18 Å². The Balaban J connectivity index is 2.18. The number of aryl methyl sites for hydroxylation is 1. The summed E-state index contributed by atoms with van der Waals surface area (Å²) in [7, 11) is 0. The van der Waals surface area contributed by atoms with Gasteiger partial charge in [-0.05, 0) is 18.2 Å². The van der Waals surface area contributed by atoms with Crippen LogP contribution in [0.1, 0.15) is 23.4 Å². The van der Waals surface area contributed by atoms with Gasteiger partial charge in [0.25, 0.3) is 5.91 Å². The van der Waals surface area contributed by atoms with E-state index in [1.165, 1.54) is 12.1 Å². The molecule has 1 heterocycles. The second-order valence-corrected chi connectivity index (χ2v) is 3.64. The molecule has 0 radical (unpaired) electrons. The van der Waals surface area contributed by atoms with Crippen molar-refractivity contribution in [3.8, 4) is 0 Å². The van der Waals surface area contributed by atoms with Gasteiger partial charge in [0.2, 0.25) is 5.82 Å². The third-order valence-corrected chi connectivity index (χ3v) is 2.33. The maximum absolute atomic E-state index is 13.0. The number of anilines is 2. The van der Waals surface area contributed by atoms with Crippen LogP contribution in [0, 0.1) is 5.82 Å². The number of carbonyl (C=O) groups is 1. The van der Waals surface area contributed by atoms with Crippen molar-refractivity contribution in [2.45, 2.75) is 13.3 Å². The number of aromatic amines is 1. The zero-order valence-electron chi connectivity index (χ0n) is 9.70. The molecule has 4 N–H and O–H groups in total. The zero-order chi connectivity index (χ0) is 13.1. The Bertz CT molecular complexity index is 581. The van der Waals surface area contributed by atoms with Gasteiger partial charge in [-0.1, -0.05) is 6.92 Å². The van der Waals surface area contributed by atoms with Crippen LogP contribution in [0.25, 0.3) is 0 Å². The monoisotopic (exact) mass is 249 g/mol. The van der Waals surface area contributed by atoms with E-state index < -0.39 is 11.7 Å². The van der Waals surface area contributed by atoms with Crippen molar-refractivity contribution < 1.29 is 9.18 Å². The summed E-state index contributed by atoms with van der Waals surface area (Å²) in [4.78, 5) is 15.7. The summed E-state index contributed by atoms with van der Waals surface area (Å²) in [5, 5.41) is 8.83. The van der Waals surface area contributed by atoms with Gasteiger partial charge in [0, 0.05) is 6.42 Å². The topological polar surface area (TPSA) is 96.7 Å². The smallest absolute Gasteiger partial charge is 0.295 e. The van der Waals surface area contributed by atoms with E-state index in [1.807, 2.05) is 6.92 Å². The van der Waals surface area contributed by atoms with Crippen LogP contribution in [0.4, 0.5) is 15.8 Å². The highest BCUT2D eigenvalue weighted by Crippen LogP contribution is 2.19. The first kappa shape index (κ1) is 12.0. The third-order valence-electron chi connectivity index (χ3n) is 2.33. The van der Waals surface area contributed by atoms with Crippen molar-refractivity contribution in [1.29, 1.82) is 0 Å². The number of hydrogen-bond donors (Lipinski definition) is 3. The van der Waals surface area contributed by atoms with E-state index in [1.54, 1.807) is 0 Å². The number of nitrogen functional groups attached to an aromatic ring is 1. The number of nitrogens with two attached hydrogens (primary N) is 1. The summed E-state index contributed by atoms with van der Waals surface area (Å²) in [6, 6.07) is 3.73. The molecule has 0 atom stereocenters. The summed E-state index contributed by atoms with van der Waals surface area (Å²) in [6.07, 6.45) is 0.641. The minimum absolute atomic E-state index is 0.00416. The van der Waals surface area contributed by atoms with Crippen molar-refractivity contribution in [2.75, 3.05) is 11.1 Å². The Kier molecular flexibility index (Phi) is 3.22. The van der Waals surface area contributed by atoms with Crippen LogP contribution in [0.5, 0.6) is 0 Å². The molecule has 0 fully saturated rings. The van der Waals surface area contributed by atoms with Crippen molar-refractivity contribution in [2.24, 2.45) is 0 Å². The molecule has 7 heteroatoms. The lowest BCUT2D eigenvalue weighted by Crippen LogP contribution is -2.15. The molecule has 0 spiro atoms. The molecule has 6 nitrogen and oxygen atoms in total. The predicted molar refractivity (Wildman–Crippen MR) is 64.5 cm³/mol. The molecule has 0 bridgehead atoms. The van der Waals surface area contributed by atoms with Crippen LogP contribution in [-0.4, -0.2) is 21.1 Å². The van der Waals surface area contributed by atoms with Gasteiger partial charge in [0.05, 0.1) is 11.4 Å². The molecule has 0 saturated heterocycles. The zero-order valence-corrected chi connectivity index (χ0v) is 9.70. The van der Waals surface area contributed by atoms with E-state index in [-0.39, 0.29) is 17.2 Å². The third kappa shape index (κ3) is 2.45. The van der Waals surface area contributed by atoms with E-state index >= 15 is 0 Å². The van der Waals surface area contributed by atoms with Crippen LogP contribution >= 0.6 is 0 Å². The van der Waals surface area contributed by atoms with Crippen LogP contribution in [0.3, 0.4) is 0 Å². The lowest BCUT2D eigenvalue weighted by atomic mass is 10.2. The molecule has 2 rings (SSSR count). The number of H-pyrrole nitrogens is 1. The molecule has 1 aromatic carbocycles. The number of benzene rings is 1. The van der Waals surface area contributed by atoms with Crippen LogP contribution in [0.2, 0.25) is 0 Å². The van der Waals surface area contributed by atoms with Gasteiger partial charge in [-0.15, -0.1) is 5.10 Å². The fourth-order valence-corrected chi connectivity index (χ4v) is 1.37. The Morgan fingerprint density at radius 3 is 3.00 bits per heavy atom. The normalized spacial score (nSPS) is 10.3. The number of nitrogens with zero attached hydrogens (tertiary/aromatic N) is 2. The molecule has 94 valence electrons. The molecule has 1 amide bonds. The van der Waals surface area contributed by atoms with Crippen LogP contribution in [0.15, 0.2) is 18.2 Å². The van der Waals surface area contributed by atoms with Gasteiger partial charge in [-0.2, -0.15) is 0 Å². The van der Waals surface area contributed by atoms with Crippen molar-refractivity contribution in [1.82, 2.24) is 15.2 Å². The molecule has 0 unspecified atom stereocenters. The molecule has 0 aliphatic carbocycles. The van der Waals surface area contributed by atoms with Gasteiger partial charge in [-0.25, -0.2) is 9.37 Å². The number of rotatable bonds is 3. The molecule has 0 saturated carbocycles. The molecule has 1 aromatic heterocycles. The van der Waals surface area contributed by atoms with Gasteiger partial charge < -0.3 is 11.1 Å². The number of hydrogen-bond acceptors (Lipinski definition) is 4. The van der Waals surface area contributed by atoms with Crippen LogP contribution in [-0.2, 0) is 6.42 Å². The standard InChI is InChI=1S/C11H12FN5O/c1-2-9-15-10(17-16-9)11(18)14-8-5-6(12)3-4-7(8)13/h3-5H,2,13H2,1H3,(H,14,18)(H,15,16,17). The number of halogens is 1. The second-order valence-electron chi connectivity index (χ2n) is 3.64. The minimum atomic E-state index is -0.539. The fourth-order valence-electron chi connectivity index (χ4n) is 1.37. The average molecular weight is 249 g/mol. The van der Waals surface area contributed by atoms with E-state index in [0.29, 0.717) is 12.2 Å². The van der Waals surface area contributed by atoms with Gasteiger partial charge in [0.15, 0.2) is 0 Å². The second kappa shape index (κ2) is 4.82. The Hall–Kier alpha value is -2.44. The molecule has 0 aliphatic rings.